The molecule has 0 heterocycles. The van der Waals surface area contributed by atoms with Crippen LogP contribution in [-0.2, 0) is 6.54 Å². The Bertz CT molecular complexity index is 572. The smallest absolute Gasteiger partial charge is 0.163 e. The lowest BCUT2D eigenvalue weighted by atomic mass is 10.1. The molecule has 0 spiro atoms. The number of nitrogens with one attached hydrogen (secondary N) is 1. The molecule has 1 atom stereocenters. The van der Waals surface area contributed by atoms with Crippen LogP contribution in [0.4, 0.5) is 8.78 Å². The van der Waals surface area contributed by atoms with Gasteiger partial charge in [-0.25, -0.2) is 8.78 Å². The maximum absolute atomic E-state index is 13.5. The molecular formula is C15H14BrF2N. The van der Waals surface area contributed by atoms with Crippen molar-refractivity contribution in [3.05, 3.63) is 69.7 Å². The first-order valence-corrected chi connectivity index (χ1v) is 6.79. The first-order valence-electron chi connectivity index (χ1n) is 6.00. The van der Waals surface area contributed by atoms with Gasteiger partial charge in [0.05, 0.1) is 0 Å². The number of halogens is 3. The van der Waals surface area contributed by atoms with Gasteiger partial charge in [-0.3, -0.25) is 0 Å². The Kier molecular flexibility index (Phi) is 4.66. The van der Waals surface area contributed by atoms with E-state index in [1.165, 1.54) is 6.07 Å². The van der Waals surface area contributed by atoms with Crippen molar-refractivity contribution in [2.45, 2.75) is 19.5 Å². The Morgan fingerprint density at radius 2 is 1.84 bits per heavy atom. The molecule has 0 aliphatic rings. The molecule has 2 aromatic rings. The number of hydrogen-bond donors (Lipinski definition) is 1. The van der Waals surface area contributed by atoms with Gasteiger partial charge in [0, 0.05) is 22.6 Å². The van der Waals surface area contributed by atoms with Gasteiger partial charge in [0.1, 0.15) is 0 Å². The fraction of sp³-hybridized carbons (Fsp3) is 0.200. The van der Waals surface area contributed by atoms with Gasteiger partial charge in [-0.15, -0.1) is 0 Å². The molecule has 1 nitrogen and oxygen atoms in total. The van der Waals surface area contributed by atoms with Gasteiger partial charge >= 0.3 is 0 Å². The topological polar surface area (TPSA) is 12.0 Å². The van der Waals surface area contributed by atoms with Crippen molar-refractivity contribution in [1.29, 1.82) is 0 Å². The summed E-state index contributed by atoms with van der Waals surface area (Å²) in [5.74, 6) is -1.60. The van der Waals surface area contributed by atoms with Gasteiger partial charge < -0.3 is 5.32 Å². The molecular weight excluding hydrogens is 312 g/mol. The molecule has 0 saturated heterocycles. The molecule has 19 heavy (non-hydrogen) atoms. The van der Waals surface area contributed by atoms with Gasteiger partial charge in [0.25, 0.3) is 0 Å². The summed E-state index contributed by atoms with van der Waals surface area (Å²) in [6, 6.07) is 12.1. The molecule has 0 radical (unpaired) electrons. The summed E-state index contributed by atoms with van der Waals surface area (Å²) >= 11 is 3.48. The van der Waals surface area contributed by atoms with Crippen molar-refractivity contribution in [2.24, 2.45) is 0 Å². The van der Waals surface area contributed by atoms with Crippen LogP contribution in [0.3, 0.4) is 0 Å². The third kappa shape index (κ3) is 3.39. The molecule has 0 fully saturated rings. The van der Waals surface area contributed by atoms with E-state index in [9.17, 15) is 8.78 Å². The predicted octanol–water partition coefficient (Wildman–Crippen LogP) is 4.58. The molecule has 1 unspecified atom stereocenters. The quantitative estimate of drug-likeness (QED) is 0.867. The van der Waals surface area contributed by atoms with Crippen molar-refractivity contribution < 1.29 is 8.78 Å². The Morgan fingerprint density at radius 3 is 2.58 bits per heavy atom. The highest BCUT2D eigenvalue weighted by Gasteiger charge is 2.11. The lowest BCUT2D eigenvalue weighted by molar-refractivity contribution is 0.484. The average Bonchev–Trinajstić information content (AvgIpc) is 2.40. The minimum absolute atomic E-state index is 0.0400. The van der Waals surface area contributed by atoms with Crippen molar-refractivity contribution >= 4 is 15.9 Å². The first-order chi connectivity index (χ1) is 9.09. The fourth-order valence-corrected chi connectivity index (χ4v) is 2.51. The molecule has 0 amide bonds. The van der Waals surface area contributed by atoms with Crippen molar-refractivity contribution in [2.75, 3.05) is 0 Å². The summed E-state index contributed by atoms with van der Waals surface area (Å²) < 4.78 is 27.6. The molecule has 0 aliphatic carbocycles. The predicted molar refractivity (Wildman–Crippen MR) is 75.8 cm³/mol. The molecule has 0 bridgehead atoms. The molecule has 2 rings (SSSR count). The lowest BCUT2D eigenvalue weighted by Gasteiger charge is -2.16. The second-order valence-electron chi connectivity index (χ2n) is 4.34. The van der Waals surface area contributed by atoms with Gasteiger partial charge in [0.15, 0.2) is 11.6 Å². The molecule has 0 aromatic heterocycles. The minimum atomic E-state index is -0.812. The largest absolute Gasteiger partial charge is 0.306 e. The standard InChI is InChI=1S/C15H14BrF2N/c1-10(12-6-2-3-7-13(12)16)19-9-11-5-4-8-14(17)15(11)18/h2-8,10,19H,9H2,1H3. The van der Waals surface area contributed by atoms with Crippen LogP contribution in [0, 0.1) is 11.6 Å². The van der Waals surface area contributed by atoms with Crippen LogP contribution < -0.4 is 5.32 Å². The lowest BCUT2D eigenvalue weighted by Crippen LogP contribution is -2.19. The highest BCUT2D eigenvalue weighted by Crippen LogP contribution is 2.23. The van der Waals surface area contributed by atoms with Crippen LogP contribution in [0.2, 0.25) is 0 Å². The summed E-state index contributed by atoms with van der Waals surface area (Å²) in [4.78, 5) is 0. The maximum atomic E-state index is 13.5. The number of benzene rings is 2. The van der Waals surface area contributed by atoms with Crippen molar-refractivity contribution in [3.63, 3.8) is 0 Å². The fourth-order valence-electron chi connectivity index (χ4n) is 1.88. The Balaban J connectivity index is 2.07. The van der Waals surface area contributed by atoms with Gasteiger partial charge in [0.2, 0.25) is 0 Å². The zero-order valence-corrected chi connectivity index (χ0v) is 12.0. The zero-order chi connectivity index (χ0) is 13.8. The van der Waals surface area contributed by atoms with E-state index >= 15 is 0 Å². The van der Waals surface area contributed by atoms with E-state index in [1.54, 1.807) is 6.07 Å². The summed E-state index contributed by atoms with van der Waals surface area (Å²) in [5.41, 5.74) is 1.42. The van der Waals surface area contributed by atoms with E-state index in [0.717, 1.165) is 16.1 Å². The van der Waals surface area contributed by atoms with Gasteiger partial charge in [-0.05, 0) is 24.6 Å². The molecule has 2 aromatic carbocycles. The second kappa shape index (κ2) is 6.26. The van der Waals surface area contributed by atoms with E-state index in [0.29, 0.717) is 5.56 Å². The minimum Gasteiger partial charge on any atom is -0.306 e. The SMILES string of the molecule is CC(NCc1cccc(F)c1F)c1ccccc1Br. The van der Waals surface area contributed by atoms with E-state index in [4.69, 9.17) is 0 Å². The second-order valence-corrected chi connectivity index (χ2v) is 5.19. The average molecular weight is 326 g/mol. The monoisotopic (exact) mass is 325 g/mol. The van der Waals surface area contributed by atoms with Crippen LogP contribution >= 0.6 is 15.9 Å². The third-order valence-electron chi connectivity index (χ3n) is 3.00. The van der Waals surface area contributed by atoms with Crippen molar-refractivity contribution in [3.8, 4) is 0 Å². The summed E-state index contributed by atoms with van der Waals surface area (Å²) in [6.07, 6.45) is 0. The summed E-state index contributed by atoms with van der Waals surface area (Å²) in [5, 5.41) is 3.19. The molecule has 1 N–H and O–H groups in total. The van der Waals surface area contributed by atoms with Gasteiger partial charge in [-0.2, -0.15) is 0 Å². The Hall–Kier alpha value is -1.26. The van der Waals surface area contributed by atoms with E-state index < -0.39 is 11.6 Å². The van der Waals surface area contributed by atoms with E-state index in [2.05, 4.69) is 21.2 Å². The number of rotatable bonds is 4. The maximum Gasteiger partial charge on any atom is 0.163 e. The van der Waals surface area contributed by atoms with Crippen LogP contribution in [0.15, 0.2) is 46.9 Å². The van der Waals surface area contributed by atoms with Crippen molar-refractivity contribution in [1.82, 2.24) is 5.32 Å². The van der Waals surface area contributed by atoms with Crippen LogP contribution in [0.25, 0.3) is 0 Å². The molecule has 0 aliphatic heterocycles. The highest BCUT2D eigenvalue weighted by atomic mass is 79.9. The van der Waals surface area contributed by atoms with Gasteiger partial charge in [-0.1, -0.05) is 46.3 Å². The Labute approximate surface area is 119 Å². The zero-order valence-electron chi connectivity index (χ0n) is 10.5. The molecule has 4 heteroatoms. The normalized spacial score (nSPS) is 12.4. The molecule has 0 saturated carbocycles. The van der Waals surface area contributed by atoms with Crippen LogP contribution in [0.5, 0.6) is 0 Å². The summed E-state index contributed by atoms with van der Waals surface area (Å²) in [6.45, 7) is 2.27. The first kappa shape index (κ1) is 14.2. The van der Waals surface area contributed by atoms with Crippen LogP contribution in [0.1, 0.15) is 24.1 Å². The highest BCUT2D eigenvalue weighted by molar-refractivity contribution is 9.10. The third-order valence-corrected chi connectivity index (χ3v) is 3.72. The number of hydrogen-bond acceptors (Lipinski definition) is 1. The van der Waals surface area contributed by atoms with E-state index in [1.807, 2.05) is 31.2 Å². The van der Waals surface area contributed by atoms with Crippen LogP contribution in [-0.4, -0.2) is 0 Å². The summed E-state index contributed by atoms with van der Waals surface area (Å²) in [7, 11) is 0. The van der Waals surface area contributed by atoms with E-state index in [-0.39, 0.29) is 12.6 Å². The Morgan fingerprint density at radius 1 is 1.11 bits per heavy atom. The molecule has 100 valence electrons.